The maximum absolute atomic E-state index is 14.5. The summed E-state index contributed by atoms with van der Waals surface area (Å²) in [6, 6.07) is 7.38. The normalized spacial score (nSPS) is 15.5. The molecular weight excluding hydrogens is 503 g/mol. The Morgan fingerprint density at radius 1 is 1.07 bits per heavy atom. The van der Waals surface area contributed by atoms with E-state index in [1.807, 2.05) is 6.07 Å². The van der Waals surface area contributed by atoms with Gasteiger partial charge in [0.1, 0.15) is 11.5 Å². The first-order chi connectivity index (χ1) is 13.2. The van der Waals surface area contributed by atoms with E-state index in [4.69, 9.17) is 0 Å². The number of carbonyl (C=O) groups is 1. The van der Waals surface area contributed by atoms with Crippen LogP contribution in [0.4, 0.5) is 25.8 Å². The van der Waals surface area contributed by atoms with Gasteiger partial charge in [0.05, 0.1) is 5.69 Å². The molecule has 0 saturated carbocycles. The molecule has 1 saturated heterocycles. The maximum Gasteiger partial charge on any atom is 0.301 e. The van der Waals surface area contributed by atoms with Gasteiger partial charge in [0, 0.05) is 35.2 Å². The van der Waals surface area contributed by atoms with Crippen LogP contribution < -0.4 is 10.0 Å². The molecular formula is C18H18F2IN3O3S. The van der Waals surface area contributed by atoms with Crippen LogP contribution in [0.5, 0.6) is 0 Å². The summed E-state index contributed by atoms with van der Waals surface area (Å²) in [7, 11) is -4.02. The van der Waals surface area contributed by atoms with Gasteiger partial charge in [-0.3, -0.25) is 9.52 Å². The molecule has 6 nitrogen and oxygen atoms in total. The van der Waals surface area contributed by atoms with Crippen LogP contribution in [-0.4, -0.2) is 31.6 Å². The van der Waals surface area contributed by atoms with Crippen molar-refractivity contribution in [2.45, 2.75) is 19.8 Å². The Morgan fingerprint density at radius 3 is 2.36 bits per heavy atom. The van der Waals surface area contributed by atoms with Gasteiger partial charge in [-0.1, -0.05) is 0 Å². The number of hydrogen-bond donors (Lipinski definition) is 2. The van der Waals surface area contributed by atoms with E-state index in [1.165, 1.54) is 0 Å². The molecule has 2 aromatic rings. The molecule has 1 fully saturated rings. The van der Waals surface area contributed by atoms with E-state index in [1.54, 1.807) is 19.1 Å². The van der Waals surface area contributed by atoms with Gasteiger partial charge in [-0.2, -0.15) is 12.7 Å². The monoisotopic (exact) mass is 521 g/mol. The van der Waals surface area contributed by atoms with Gasteiger partial charge >= 0.3 is 10.2 Å². The van der Waals surface area contributed by atoms with E-state index in [0.717, 1.165) is 25.6 Å². The number of anilines is 3. The van der Waals surface area contributed by atoms with Crippen LogP contribution in [0.15, 0.2) is 30.3 Å². The fourth-order valence-corrected chi connectivity index (χ4v) is 4.73. The van der Waals surface area contributed by atoms with Crippen molar-refractivity contribution >= 4 is 55.6 Å². The van der Waals surface area contributed by atoms with Gasteiger partial charge < -0.3 is 5.32 Å². The molecule has 0 unspecified atom stereocenters. The zero-order valence-corrected chi connectivity index (χ0v) is 17.9. The summed E-state index contributed by atoms with van der Waals surface area (Å²) in [5, 5.41) is 2.79. The van der Waals surface area contributed by atoms with Crippen LogP contribution in [0.1, 0.15) is 18.4 Å². The van der Waals surface area contributed by atoms with Crippen molar-refractivity contribution in [2.24, 2.45) is 0 Å². The Bertz CT molecular complexity index is 1020. The Kier molecular flexibility index (Phi) is 6.20. The van der Waals surface area contributed by atoms with E-state index in [2.05, 4.69) is 32.6 Å². The van der Waals surface area contributed by atoms with Gasteiger partial charge in [0.2, 0.25) is 0 Å². The smallest absolute Gasteiger partial charge is 0.301 e. The molecule has 28 heavy (non-hydrogen) atoms. The van der Waals surface area contributed by atoms with Crippen molar-refractivity contribution in [3.05, 3.63) is 51.1 Å². The van der Waals surface area contributed by atoms with Gasteiger partial charge in [-0.15, -0.1) is 0 Å². The SMILES string of the molecule is Cc1cc(I)ccc1Nc1c(NS(=O)(=O)N2CCC(=O)CC2)ccc(F)c1F. The van der Waals surface area contributed by atoms with Crippen LogP contribution >= 0.6 is 22.6 Å². The van der Waals surface area contributed by atoms with Crippen LogP contribution in [0.3, 0.4) is 0 Å². The first-order valence-electron chi connectivity index (χ1n) is 8.48. The quantitative estimate of drug-likeness (QED) is 0.585. The number of aryl methyl sites for hydroxylation is 1. The minimum atomic E-state index is -4.02. The number of nitrogens with one attached hydrogen (secondary N) is 2. The molecule has 0 radical (unpaired) electrons. The average molecular weight is 521 g/mol. The van der Waals surface area contributed by atoms with E-state index in [-0.39, 0.29) is 43.1 Å². The first-order valence-corrected chi connectivity index (χ1v) is 11.0. The lowest BCUT2D eigenvalue weighted by Gasteiger charge is -2.26. The van der Waals surface area contributed by atoms with Gasteiger partial charge in [0.15, 0.2) is 11.6 Å². The van der Waals surface area contributed by atoms with Gasteiger partial charge in [-0.25, -0.2) is 8.78 Å². The van der Waals surface area contributed by atoms with Crippen LogP contribution in [0, 0.1) is 22.1 Å². The number of ketones is 1. The van der Waals surface area contributed by atoms with Crippen molar-refractivity contribution in [3.63, 3.8) is 0 Å². The zero-order valence-electron chi connectivity index (χ0n) is 14.9. The highest BCUT2D eigenvalue weighted by molar-refractivity contribution is 14.1. The summed E-state index contributed by atoms with van der Waals surface area (Å²) >= 11 is 2.13. The van der Waals surface area contributed by atoms with Crippen molar-refractivity contribution in [1.29, 1.82) is 0 Å². The third-order valence-electron chi connectivity index (χ3n) is 4.40. The molecule has 0 amide bonds. The zero-order chi connectivity index (χ0) is 20.5. The fourth-order valence-electron chi connectivity index (χ4n) is 2.84. The number of nitrogens with zero attached hydrogens (tertiary/aromatic N) is 1. The molecule has 1 aliphatic heterocycles. The Morgan fingerprint density at radius 2 is 1.71 bits per heavy atom. The Labute approximate surface area is 175 Å². The molecule has 0 atom stereocenters. The molecule has 150 valence electrons. The lowest BCUT2D eigenvalue weighted by atomic mass is 10.1. The molecule has 0 aliphatic carbocycles. The number of halogens is 3. The predicted octanol–water partition coefficient (Wildman–Crippen LogP) is 3.94. The van der Waals surface area contributed by atoms with Gasteiger partial charge in [0.25, 0.3) is 0 Å². The van der Waals surface area contributed by atoms with Crippen LogP contribution in [0.25, 0.3) is 0 Å². The molecule has 2 aromatic carbocycles. The third-order valence-corrected chi connectivity index (χ3v) is 6.60. The summed E-state index contributed by atoms with van der Waals surface area (Å²) in [6.45, 7) is 1.91. The van der Waals surface area contributed by atoms with Gasteiger partial charge in [-0.05, 0) is 65.4 Å². The first kappa shape index (κ1) is 20.9. The number of benzene rings is 2. The highest BCUT2D eigenvalue weighted by atomic mass is 127. The van der Waals surface area contributed by atoms with Crippen molar-refractivity contribution in [3.8, 4) is 0 Å². The average Bonchev–Trinajstić information content (AvgIpc) is 2.63. The van der Waals surface area contributed by atoms with E-state index in [9.17, 15) is 22.0 Å². The molecule has 3 rings (SSSR count). The minimum absolute atomic E-state index is 0.00387. The second-order valence-electron chi connectivity index (χ2n) is 6.41. The highest BCUT2D eigenvalue weighted by Gasteiger charge is 2.28. The number of rotatable bonds is 5. The predicted molar refractivity (Wildman–Crippen MR) is 112 cm³/mol. The van der Waals surface area contributed by atoms with Crippen molar-refractivity contribution < 1.29 is 22.0 Å². The molecule has 0 bridgehead atoms. The standard InChI is InChI=1S/C18H18F2IN3O3S/c1-11-10-12(21)2-4-15(11)22-18-16(5-3-14(19)17(18)20)23-28(26,27)24-8-6-13(25)7-9-24/h2-5,10,22-23H,6-9H2,1H3. The molecule has 1 aliphatic rings. The van der Waals surface area contributed by atoms with Crippen molar-refractivity contribution in [2.75, 3.05) is 23.1 Å². The molecule has 1 heterocycles. The second-order valence-corrected chi connectivity index (χ2v) is 9.33. The Balaban J connectivity index is 1.93. The fraction of sp³-hybridized carbons (Fsp3) is 0.278. The second kappa shape index (κ2) is 8.29. The molecule has 2 N–H and O–H groups in total. The molecule has 10 heteroatoms. The largest absolute Gasteiger partial charge is 0.351 e. The summed E-state index contributed by atoms with van der Waals surface area (Å²) in [4.78, 5) is 11.3. The lowest BCUT2D eigenvalue weighted by molar-refractivity contribution is -0.120. The summed E-state index contributed by atoms with van der Waals surface area (Å²) in [5.41, 5.74) is 0.891. The summed E-state index contributed by atoms with van der Waals surface area (Å²) in [5.74, 6) is -2.29. The Hall–Kier alpha value is -1.79. The third kappa shape index (κ3) is 4.61. The topological polar surface area (TPSA) is 78.5 Å². The number of Topliss-reactive ketones (excluding diaryl/α,β-unsaturated/α-hetero) is 1. The maximum atomic E-state index is 14.5. The molecule has 0 aromatic heterocycles. The number of piperidine rings is 1. The lowest BCUT2D eigenvalue weighted by Crippen LogP contribution is -2.41. The highest BCUT2D eigenvalue weighted by Crippen LogP contribution is 2.33. The summed E-state index contributed by atoms with van der Waals surface area (Å²) < 4.78 is 58.0. The van der Waals surface area contributed by atoms with E-state index in [0.29, 0.717) is 5.69 Å². The van der Waals surface area contributed by atoms with Crippen LogP contribution in [-0.2, 0) is 15.0 Å². The number of hydrogen-bond acceptors (Lipinski definition) is 4. The van der Waals surface area contributed by atoms with E-state index >= 15 is 0 Å². The van der Waals surface area contributed by atoms with Crippen molar-refractivity contribution in [1.82, 2.24) is 4.31 Å². The minimum Gasteiger partial charge on any atom is -0.351 e. The van der Waals surface area contributed by atoms with Crippen LogP contribution in [0.2, 0.25) is 0 Å². The summed E-state index contributed by atoms with van der Waals surface area (Å²) in [6.07, 6.45) is 0.261. The molecule has 0 spiro atoms. The number of carbonyl (C=O) groups excluding carboxylic acids is 1. The van der Waals surface area contributed by atoms with E-state index < -0.39 is 21.8 Å².